The minimum absolute atomic E-state index is 0.315. The van der Waals surface area contributed by atoms with Crippen LogP contribution in [0.25, 0.3) is 0 Å². The zero-order chi connectivity index (χ0) is 24.1. The molecule has 1 fully saturated rings. The molecule has 2 heterocycles. The zero-order valence-electron chi connectivity index (χ0n) is 18.7. The maximum absolute atomic E-state index is 13.0. The summed E-state index contributed by atoms with van der Waals surface area (Å²) in [5, 5.41) is 5.88. The van der Waals surface area contributed by atoms with Gasteiger partial charge in [-0.3, -0.25) is 0 Å². The number of pyridine rings is 1. The normalized spacial score (nSPS) is 14.9. The molecule has 0 bridgehead atoms. The van der Waals surface area contributed by atoms with Crippen LogP contribution in [0.15, 0.2) is 71.8 Å². The Balaban J connectivity index is 1.36. The van der Waals surface area contributed by atoms with Crippen molar-refractivity contribution in [2.75, 3.05) is 41.7 Å². The number of amides is 2. The Morgan fingerprint density at radius 3 is 2.41 bits per heavy atom. The molecule has 1 aliphatic heterocycles. The Hall–Kier alpha value is -3.14. The van der Waals surface area contributed by atoms with E-state index in [0.717, 1.165) is 11.4 Å². The summed E-state index contributed by atoms with van der Waals surface area (Å²) in [6.45, 7) is 3.97. The third-order valence-corrected chi connectivity index (χ3v) is 7.81. The van der Waals surface area contributed by atoms with Gasteiger partial charge in [0.25, 0.3) is 0 Å². The van der Waals surface area contributed by atoms with Crippen LogP contribution >= 0.6 is 11.6 Å². The highest BCUT2D eigenvalue weighted by Gasteiger charge is 2.27. The van der Waals surface area contributed by atoms with Crippen LogP contribution in [0.5, 0.6) is 0 Å². The summed E-state index contributed by atoms with van der Waals surface area (Å²) in [6, 6.07) is 17.1. The van der Waals surface area contributed by atoms with E-state index in [2.05, 4.69) is 20.5 Å². The van der Waals surface area contributed by atoms with E-state index in [1.54, 1.807) is 48.7 Å². The van der Waals surface area contributed by atoms with Crippen molar-refractivity contribution in [3.63, 3.8) is 0 Å². The topological polar surface area (TPSA) is 94.6 Å². The van der Waals surface area contributed by atoms with E-state index in [4.69, 9.17) is 11.6 Å². The monoisotopic (exact) mass is 499 g/mol. The summed E-state index contributed by atoms with van der Waals surface area (Å²) in [4.78, 5) is 19.1. The number of hydrogen-bond acceptors (Lipinski definition) is 5. The minimum atomic E-state index is -3.53. The lowest BCUT2D eigenvalue weighted by Gasteiger charge is -2.23. The van der Waals surface area contributed by atoms with Gasteiger partial charge in [0.2, 0.25) is 10.0 Å². The number of anilines is 3. The lowest BCUT2D eigenvalue weighted by molar-refractivity contribution is 0.262. The highest BCUT2D eigenvalue weighted by Crippen LogP contribution is 2.22. The number of urea groups is 1. The molecule has 0 atom stereocenters. The number of halogens is 1. The maximum Gasteiger partial charge on any atom is 0.323 e. The van der Waals surface area contributed by atoms with Crippen LogP contribution in [0.4, 0.5) is 22.0 Å². The Morgan fingerprint density at radius 2 is 1.71 bits per heavy atom. The van der Waals surface area contributed by atoms with Gasteiger partial charge in [-0.25, -0.2) is 18.2 Å². The first-order valence-corrected chi connectivity index (χ1v) is 12.7. The molecule has 8 nitrogen and oxygen atoms in total. The number of aromatic nitrogens is 1. The molecule has 0 radical (unpaired) electrons. The molecule has 34 heavy (non-hydrogen) atoms. The smallest absolute Gasteiger partial charge is 0.323 e. The van der Waals surface area contributed by atoms with Crippen molar-refractivity contribution >= 4 is 44.8 Å². The van der Waals surface area contributed by atoms with Crippen molar-refractivity contribution in [1.82, 2.24) is 9.29 Å². The first-order chi connectivity index (χ1) is 16.3. The fraction of sp³-hybridized carbons (Fsp3) is 0.250. The van der Waals surface area contributed by atoms with E-state index in [9.17, 15) is 13.2 Å². The quantitative estimate of drug-likeness (QED) is 0.535. The first-order valence-electron chi connectivity index (χ1n) is 10.9. The van der Waals surface area contributed by atoms with Gasteiger partial charge in [-0.1, -0.05) is 41.4 Å². The number of carbonyl (C=O) groups excluding carboxylic acids is 1. The van der Waals surface area contributed by atoms with Crippen LogP contribution in [0, 0.1) is 6.92 Å². The second-order valence-electron chi connectivity index (χ2n) is 8.02. The number of nitrogens with one attached hydrogen (secondary N) is 2. The number of aryl methyl sites for hydroxylation is 1. The van der Waals surface area contributed by atoms with Crippen LogP contribution in [-0.2, 0) is 10.0 Å². The second-order valence-corrected chi connectivity index (χ2v) is 10.4. The second kappa shape index (κ2) is 10.4. The third-order valence-electron chi connectivity index (χ3n) is 5.57. The summed E-state index contributed by atoms with van der Waals surface area (Å²) < 4.78 is 27.6. The summed E-state index contributed by atoms with van der Waals surface area (Å²) in [7, 11) is -3.53. The number of rotatable bonds is 5. The van der Waals surface area contributed by atoms with Crippen molar-refractivity contribution in [3.05, 3.63) is 77.4 Å². The van der Waals surface area contributed by atoms with Gasteiger partial charge < -0.3 is 15.5 Å². The Bertz CT molecular complexity index is 1250. The SMILES string of the molecule is Cc1ccc(S(=O)(=O)N2CCCN(c3ccc(NC(=O)Nc4ccccc4Cl)cn3)CC2)cc1. The zero-order valence-corrected chi connectivity index (χ0v) is 20.3. The number of hydrogen-bond donors (Lipinski definition) is 2. The highest BCUT2D eigenvalue weighted by molar-refractivity contribution is 7.89. The predicted molar refractivity (Wildman–Crippen MR) is 135 cm³/mol. The average molecular weight is 500 g/mol. The van der Waals surface area contributed by atoms with Gasteiger partial charge in [0, 0.05) is 26.2 Å². The average Bonchev–Trinajstić information content (AvgIpc) is 3.08. The van der Waals surface area contributed by atoms with Crippen LogP contribution < -0.4 is 15.5 Å². The van der Waals surface area contributed by atoms with Crippen molar-refractivity contribution in [2.45, 2.75) is 18.2 Å². The molecule has 3 aromatic rings. The van der Waals surface area contributed by atoms with Crippen LogP contribution in [0.2, 0.25) is 5.02 Å². The molecule has 0 aliphatic carbocycles. The molecule has 4 rings (SSSR count). The van der Waals surface area contributed by atoms with Gasteiger partial charge in [0.1, 0.15) is 5.82 Å². The molecular weight excluding hydrogens is 474 g/mol. The van der Waals surface area contributed by atoms with E-state index in [1.165, 1.54) is 4.31 Å². The molecule has 10 heteroatoms. The number of sulfonamides is 1. The van der Waals surface area contributed by atoms with Crippen molar-refractivity contribution in [2.24, 2.45) is 0 Å². The predicted octanol–water partition coefficient (Wildman–Crippen LogP) is 4.59. The molecule has 1 saturated heterocycles. The Kier molecular flexibility index (Phi) is 7.35. The summed E-state index contributed by atoms with van der Waals surface area (Å²) in [6.07, 6.45) is 2.26. The molecule has 0 spiro atoms. The van der Waals surface area contributed by atoms with Crippen LogP contribution in [-0.4, -0.2) is 49.9 Å². The minimum Gasteiger partial charge on any atom is -0.355 e. The molecule has 2 amide bonds. The van der Waals surface area contributed by atoms with Crippen molar-refractivity contribution in [3.8, 4) is 0 Å². The molecule has 1 aliphatic rings. The fourth-order valence-corrected chi connectivity index (χ4v) is 5.37. The fourth-order valence-electron chi connectivity index (χ4n) is 3.72. The van der Waals surface area contributed by atoms with E-state index >= 15 is 0 Å². The lowest BCUT2D eigenvalue weighted by Crippen LogP contribution is -2.35. The van der Waals surface area contributed by atoms with E-state index in [0.29, 0.717) is 53.9 Å². The van der Waals surface area contributed by atoms with E-state index < -0.39 is 16.1 Å². The summed E-state index contributed by atoms with van der Waals surface area (Å²) in [5.41, 5.74) is 2.07. The van der Waals surface area contributed by atoms with Gasteiger partial charge in [0.15, 0.2) is 0 Å². The number of para-hydroxylation sites is 1. The molecule has 0 unspecified atom stereocenters. The molecular formula is C24H26ClN5O3S. The van der Waals surface area contributed by atoms with Crippen LogP contribution in [0.3, 0.4) is 0 Å². The molecule has 0 saturated carbocycles. The molecule has 1 aromatic heterocycles. The highest BCUT2D eigenvalue weighted by atomic mass is 35.5. The van der Waals surface area contributed by atoms with Gasteiger partial charge in [0.05, 0.1) is 27.5 Å². The molecule has 2 N–H and O–H groups in total. The largest absolute Gasteiger partial charge is 0.355 e. The van der Waals surface area contributed by atoms with E-state index in [1.807, 2.05) is 25.1 Å². The number of benzene rings is 2. The van der Waals surface area contributed by atoms with Crippen molar-refractivity contribution in [1.29, 1.82) is 0 Å². The summed E-state index contributed by atoms with van der Waals surface area (Å²) >= 11 is 6.07. The number of nitrogens with zero attached hydrogens (tertiary/aromatic N) is 3. The third kappa shape index (κ3) is 5.67. The Morgan fingerprint density at radius 1 is 0.941 bits per heavy atom. The molecule has 178 valence electrons. The van der Waals surface area contributed by atoms with Gasteiger partial charge in [-0.2, -0.15) is 4.31 Å². The van der Waals surface area contributed by atoms with Gasteiger partial charge >= 0.3 is 6.03 Å². The standard InChI is InChI=1S/C24H26ClN5O3S/c1-18-7-10-20(11-8-18)34(32,33)30-14-4-13-29(15-16-30)23-12-9-19(17-26-23)27-24(31)28-22-6-3-2-5-21(22)25/h2-3,5-12,17H,4,13-16H2,1H3,(H2,27,28,31). The first kappa shape index (κ1) is 24.0. The van der Waals surface area contributed by atoms with Gasteiger partial charge in [-0.15, -0.1) is 0 Å². The van der Waals surface area contributed by atoms with Gasteiger partial charge in [-0.05, 0) is 49.7 Å². The molecule has 2 aromatic carbocycles. The maximum atomic E-state index is 13.0. The van der Waals surface area contributed by atoms with E-state index in [-0.39, 0.29) is 0 Å². The number of carbonyl (C=O) groups is 1. The lowest BCUT2D eigenvalue weighted by atomic mass is 10.2. The van der Waals surface area contributed by atoms with Crippen LogP contribution in [0.1, 0.15) is 12.0 Å². The summed E-state index contributed by atoms with van der Waals surface area (Å²) in [5.74, 6) is 0.728. The Labute approximate surface area is 204 Å². The van der Waals surface area contributed by atoms with Crippen molar-refractivity contribution < 1.29 is 13.2 Å².